The molecule has 6 rings (SSSR count). The monoisotopic (exact) mass is 513 g/mol. The predicted octanol–water partition coefficient (Wildman–Crippen LogP) is 2.77. The Balaban J connectivity index is 1.09. The van der Waals surface area contributed by atoms with Crippen LogP contribution in [0.1, 0.15) is 43.6 Å². The molecule has 11 heteroatoms. The molecule has 1 saturated heterocycles. The zero-order valence-electron chi connectivity index (χ0n) is 21.4. The van der Waals surface area contributed by atoms with Crippen molar-refractivity contribution in [1.29, 1.82) is 5.26 Å². The number of aliphatic hydroxyl groups excluding tert-OH is 1. The minimum Gasteiger partial charge on any atom is -0.474 e. The van der Waals surface area contributed by atoms with E-state index < -0.39 is 0 Å². The highest BCUT2D eigenvalue weighted by Gasteiger charge is 2.48. The van der Waals surface area contributed by atoms with Crippen molar-refractivity contribution in [2.75, 3.05) is 19.7 Å². The number of hydrogen-bond donors (Lipinski definition) is 2. The number of aromatic amines is 1. The quantitative estimate of drug-likeness (QED) is 0.364. The third kappa shape index (κ3) is 4.61. The summed E-state index contributed by atoms with van der Waals surface area (Å²) in [5.41, 5.74) is 3.03. The molecule has 1 aliphatic carbocycles. The van der Waals surface area contributed by atoms with E-state index in [4.69, 9.17) is 4.74 Å². The van der Waals surface area contributed by atoms with Crippen LogP contribution < -0.4 is 4.74 Å². The first-order valence-corrected chi connectivity index (χ1v) is 13.1. The van der Waals surface area contributed by atoms with E-state index in [-0.39, 0.29) is 18.2 Å². The standard InChI is InChI=1S/C27H31N9O2/c1-18-33-20(7-11-37)12-24(34-18)38-22-4-2-21(3-5-22)35-15-27(16-35,8-9-28)36-14-19(13-32-36)25-23-6-10-29-26(23)31-17-30-25/h6,10,12-14,17,21-22,37H,2-5,7-8,11,15-16H2,1H3,(H,29,30,31). The maximum Gasteiger partial charge on any atom is 0.217 e. The van der Waals surface area contributed by atoms with Crippen LogP contribution in [0.4, 0.5) is 0 Å². The molecule has 1 aliphatic heterocycles. The van der Waals surface area contributed by atoms with Gasteiger partial charge in [-0.05, 0) is 38.7 Å². The Kier molecular flexibility index (Phi) is 6.51. The van der Waals surface area contributed by atoms with Gasteiger partial charge in [0, 0.05) is 61.6 Å². The molecule has 1 saturated carbocycles. The van der Waals surface area contributed by atoms with Crippen molar-refractivity contribution in [2.45, 2.75) is 63.1 Å². The fourth-order valence-corrected chi connectivity index (χ4v) is 5.86. The lowest BCUT2D eigenvalue weighted by atomic mass is 9.82. The van der Waals surface area contributed by atoms with Crippen LogP contribution in [0.15, 0.2) is 37.1 Å². The SMILES string of the molecule is Cc1nc(CCO)cc(OC2CCC(N3CC(CC#N)(n4cc(-c5ncnc6[nH]ccc56)cn4)C3)CC2)n1. The molecule has 0 atom stereocenters. The minimum absolute atomic E-state index is 0.0569. The second kappa shape index (κ2) is 10.1. The third-order valence-electron chi connectivity index (χ3n) is 7.78. The van der Waals surface area contributed by atoms with Gasteiger partial charge in [0.1, 0.15) is 29.4 Å². The number of nitrogens with one attached hydrogen (secondary N) is 1. The predicted molar refractivity (Wildman–Crippen MR) is 139 cm³/mol. The summed E-state index contributed by atoms with van der Waals surface area (Å²) in [6.07, 6.45) is 12.3. The summed E-state index contributed by atoms with van der Waals surface area (Å²) in [5.74, 6) is 1.25. The van der Waals surface area contributed by atoms with Gasteiger partial charge in [0.2, 0.25) is 5.88 Å². The lowest BCUT2D eigenvalue weighted by molar-refractivity contribution is -0.0445. The molecular weight excluding hydrogens is 482 g/mol. The van der Waals surface area contributed by atoms with E-state index in [0.717, 1.165) is 66.8 Å². The van der Waals surface area contributed by atoms with Gasteiger partial charge in [-0.15, -0.1) is 0 Å². The Morgan fingerprint density at radius 2 is 2.05 bits per heavy atom. The Morgan fingerprint density at radius 1 is 1.21 bits per heavy atom. The maximum atomic E-state index is 9.63. The van der Waals surface area contributed by atoms with Crippen molar-refractivity contribution < 1.29 is 9.84 Å². The molecule has 38 heavy (non-hydrogen) atoms. The topological polar surface area (TPSA) is 142 Å². The molecule has 2 aliphatic rings. The van der Waals surface area contributed by atoms with Crippen LogP contribution in [0.3, 0.4) is 0 Å². The number of ether oxygens (including phenoxy) is 1. The molecule has 0 spiro atoms. The van der Waals surface area contributed by atoms with E-state index in [0.29, 0.717) is 30.6 Å². The molecule has 0 unspecified atom stereocenters. The third-order valence-corrected chi connectivity index (χ3v) is 7.78. The largest absolute Gasteiger partial charge is 0.474 e. The first kappa shape index (κ1) is 24.5. The van der Waals surface area contributed by atoms with Crippen LogP contribution >= 0.6 is 0 Å². The molecule has 0 radical (unpaired) electrons. The summed E-state index contributed by atoms with van der Waals surface area (Å²) < 4.78 is 8.17. The summed E-state index contributed by atoms with van der Waals surface area (Å²) in [4.78, 5) is 23.2. The number of nitrogens with zero attached hydrogens (tertiary/aromatic N) is 8. The first-order valence-electron chi connectivity index (χ1n) is 13.1. The molecule has 4 aromatic rings. The van der Waals surface area contributed by atoms with Crippen LogP contribution in [0.2, 0.25) is 0 Å². The first-order chi connectivity index (χ1) is 18.6. The van der Waals surface area contributed by atoms with Crippen molar-refractivity contribution in [3.63, 3.8) is 0 Å². The van der Waals surface area contributed by atoms with E-state index in [9.17, 15) is 10.4 Å². The van der Waals surface area contributed by atoms with E-state index >= 15 is 0 Å². The number of H-pyrrole nitrogens is 1. The lowest BCUT2D eigenvalue weighted by Crippen LogP contribution is -2.65. The Bertz CT molecular complexity index is 1460. The number of hydrogen-bond acceptors (Lipinski definition) is 9. The van der Waals surface area contributed by atoms with Gasteiger partial charge < -0.3 is 14.8 Å². The smallest absolute Gasteiger partial charge is 0.217 e. The minimum atomic E-state index is -0.327. The molecule has 4 aromatic heterocycles. The number of aliphatic hydroxyl groups is 1. The average Bonchev–Trinajstić information content (AvgIpc) is 3.57. The van der Waals surface area contributed by atoms with Crippen LogP contribution in [-0.4, -0.2) is 76.5 Å². The molecule has 0 bridgehead atoms. The summed E-state index contributed by atoms with van der Waals surface area (Å²) in [6, 6.07) is 6.67. The number of likely N-dealkylation sites (tertiary alicyclic amines) is 1. The van der Waals surface area contributed by atoms with Gasteiger partial charge in [-0.3, -0.25) is 9.58 Å². The highest BCUT2D eigenvalue weighted by molar-refractivity contribution is 5.89. The summed E-state index contributed by atoms with van der Waals surface area (Å²) >= 11 is 0. The van der Waals surface area contributed by atoms with Crippen LogP contribution in [0.5, 0.6) is 5.88 Å². The Hall–Kier alpha value is -3.88. The zero-order chi connectivity index (χ0) is 26.1. The number of fused-ring (bicyclic) bond motifs is 1. The number of aromatic nitrogens is 7. The molecule has 2 N–H and O–H groups in total. The number of aryl methyl sites for hydroxylation is 1. The Labute approximate surface area is 220 Å². The molecule has 0 amide bonds. The second-order valence-corrected chi connectivity index (χ2v) is 10.4. The number of rotatable bonds is 8. The maximum absolute atomic E-state index is 9.63. The normalized spacial score (nSPS) is 21.2. The Morgan fingerprint density at radius 3 is 2.84 bits per heavy atom. The molecular formula is C27H31N9O2. The van der Waals surface area contributed by atoms with Gasteiger partial charge in [-0.25, -0.2) is 15.0 Å². The lowest BCUT2D eigenvalue weighted by Gasteiger charge is -2.53. The fraction of sp³-hybridized carbons (Fsp3) is 0.481. The van der Waals surface area contributed by atoms with E-state index in [1.165, 1.54) is 0 Å². The van der Waals surface area contributed by atoms with E-state index in [2.05, 4.69) is 41.0 Å². The highest BCUT2D eigenvalue weighted by Crippen LogP contribution is 2.38. The van der Waals surface area contributed by atoms with Gasteiger partial charge in [-0.1, -0.05) is 0 Å². The molecule has 196 valence electrons. The summed E-state index contributed by atoms with van der Waals surface area (Å²) in [6.45, 7) is 3.51. The number of nitriles is 1. The van der Waals surface area contributed by atoms with Gasteiger partial charge in [-0.2, -0.15) is 15.3 Å². The van der Waals surface area contributed by atoms with Crippen molar-refractivity contribution in [3.05, 3.63) is 48.6 Å². The van der Waals surface area contributed by atoms with Gasteiger partial charge in [0.25, 0.3) is 0 Å². The van der Waals surface area contributed by atoms with E-state index in [1.54, 1.807) is 6.33 Å². The molecule has 0 aromatic carbocycles. The van der Waals surface area contributed by atoms with Crippen molar-refractivity contribution >= 4 is 11.0 Å². The van der Waals surface area contributed by atoms with Crippen molar-refractivity contribution in [3.8, 4) is 23.2 Å². The zero-order valence-corrected chi connectivity index (χ0v) is 21.4. The van der Waals surface area contributed by atoms with Gasteiger partial charge >= 0.3 is 0 Å². The van der Waals surface area contributed by atoms with Gasteiger partial charge in [0.15, 0.2) is 0 Å². The van der Waals surface area contributed by atoms with Crippen molar-refractivity contribution in [2.24, 2.45) is 0 Å². The average molecular weight is 514 g/mol. The van der Waals surface area contributed by atoms with Crippen molar-refractivity contribution in [1.82, 2.24) is 39.6 Å². The summed E-state index contributed by atoms with van der Waals surface area (Å²) in [5, 5.41) is 24.5. The fourth-order valence-electron chi connectivity index (χ4n) is 5.86. The molecule has 2 fully saturated rings. The van der Waals surface area contributed by atoms with Crippen LogP contribution in [-0.2, 0) is 12.0 Å². The second-order valence-electron chi connectivity index (χ2n) is 10.4. The summed E-state index contributed by atoms with van der Waals surface area (Å²) in [7, 11) is 0. The van der Waals surface area contributed by atoms with E-state index in [1.807, 2.05) is 42.3 Å². The highest BCUT2D eigenvalue weighted by atomic mass is 16.5. The van der Waals surface area contributed by atoms with Crippen LogP contribution in [0, 0.1) is 18.3 Å². The van der Waals surface area contributed by atoms with Crippen LogP contribution in [0.25, 0.3) is 22.3 Å². The molecule has 11 nitrogen and oxygen atoms in total. The molecule has 5 heterocycles. The van der Waals surface area contributed by atoms with Gasteiger partial charge in [0.05, 0.1) is 30.1 Å².